The fourth-order valence-electron chi connectivity index (χ4n) is 8.54. The molecule has 5 nitrogen and oxygen atoms in total. The van der Waals surface area contributed by atoms with Crippen molar-refractivity contribution in [2.75, 3.05) is 26.4 Å². The summed E-state index contributed by atoms with van der Waals surface area (Å²) >= 11 is 0. The van der Waals surface area contributed by atoms with Crippen molar-refractivity contribution in [2.45, 2.75) is 125 Å². The minimum absolute atomic E-state index is 0.0773. The Bertz CT molecular complexity index is 629. The molecule has 38 heavy (non-hydrogen) atoms. The molecule has 1 aliphatic heterocycles. The molecule has 0 aromatic rings. The molecule has 0 aromatic heterocycles. The molecule has 0 radical (unpaired) electrons. The number of fused-ring (bicyclic) bond motifs is 1. The molecule has 226 valence electrons. The average Bonchev–Trinajstić information content (AvgIpc) is 3.10. The highest BCUT2D eigenvalue weighted by molar-refractivity contribution is 4.95. The van der Waals surface area contributed by atoms with Gasteiger partial charge >= 0.3 is 0 Å². The highest BCUT2D eigenvalue weighted by Gasteiger charge is 2.46. The van der Waals surface area contributed by atoms with E-state index in [4.69, 9.17) is 14.6 Å². The van der Waals surface area contributed by atoms with Crippen molar-refractivity contribution in [1.29, 1.82) is 0 Å². The molecular weight excluding hydrogens is 476 g/mol. The van der Waals surface area contributed by atoms with Gasteiger partial charge in [0.1, 0.15) is 0 Å². The topological polar surface area (TPSA) is 79.2 Å². The minimum Gasteiger partial charge on any atom is -0.397 e. The van der Waals surface area contributed by atoms with Crippen LogP contribution in [0.5, 0.6) is 0 Å². The maximum atomic E-state index is 11.6. The second kappa shape index (κ2) is 16.9. The van der Waals surface area contributed by atoms with Crippen LogP contribution in [0, 0.1) is 59.2 Å². The zero-order valence-corrected chi connectivity index (χ0v) is 26.1. The number of hydrogen-bond acceptors (Lipinski definition) is 5. The first kappa shape index (κ1) is 34.0. The molecule has 0 amide bonds. The Labute approximate surface area is 235 Å². The summed E-state index contributed by atoms with van der Waals surface area (Å²) in [5.74, 6) is 4.77. The molecule has 5 heteroatoms. The van der Waals surface area contributed by atoms with E-state index >= 15 is 0 Å². The number of rotatable bonds is 10. The van der Waals surface area contributed by atoms with Gasteiger partial charge in [0.2, 0.25) is 0 Å². The van der Waals surface area contributed by atoms with Crippen LogP contribution < -0.4 is 0 Å². The van der Waals surface area contributed by atoms with Gasteiger partial charge in [-0.2, -0.15) is 0 Å². The van der Waals surface area contributed by atoms with Crippen LogP contribution in [0.3, 0.4) is 0 Å². The Kier molecular flexibility index (Phi) is 15.1. The van der Waals surface area contributed by atoms with Crippen LogP contribution in [0.2, 0.25) is 0 Å². The fraction of sp³-hybridized carbons (Fsp3) is 1.00. The second-order valence-electron chi connectivity index (χ2n) is 13.3. The first-order chi connectivity index (χ1) is 18.1. The summed E-state index contributed by atoms with van der Waals surface area (Å²) in [5.41, 5.74) is 0. The molecule has 0 aromatic carbocycles. The zero-order chi connectivity index (χ0) is 28.4. The fourth-order valence-corrected chi connectivity index (χ4v) is 8.54. The van der Waals surface area contributed by atoms with E-state index in [2.05, 4.69) is 48.5 Å². The summed E-state index contributed by atoms with van der Waals surface area (Å²) in [4.78, 5) is 0. The third-order valence-corrected chi connectivity index (χ3v) is 11.0. The van der Waals surface area contributed by atoms with Crippen LogP contribution in [-0.2, 0) is 9.47 Å². The molecule has 1 saturated heterocycles. The summed E-state index contributed by atoms with van der Waals surface area (Å²) < 4.78 is 12.2. The van der Waals surface area contributed by atoms with Gasteiger partial charge in [-0.1, -0.05) is 60.3 Å². The number of aliphatic hydroxyl groups excluding tert-OH is 3. The molecule has 0 bridgehead atoms. The predicted molar refractivity (Wildman–Crippen MR) is 157 cm³/mol. The lowest BCUT2D eigenvalue weighted by atomic mass is 9.59. The Morgan fingerprint density at radius 1 is 0.763 bits per heavy atom. The number of ether oxygens (including phenoxy) is 2. The van der Waals surface area contributed by atoms with Gasteiger partial charge in [0.05, 0.1) is 24.9 Å². The van der Waals surface area contributed by atoms with Gasteiger partial charge in [0.15, 0.2) is 0 Å². The molecule has 9 unspecified atom stereocenters. The number of aliphatic hydroxyl groups is 3. The summed E-state index contributed by atoms with van der Waals surface area (Å²) in [5, 5.41) is 30.7. The monoisotopic (exact) mass is 540 g/mol. The second-order valence-corrected chi connectivity index (χ2v) is 13.3. The molecule has 3 rings (SSSR count). The largest absolute Gasteiger partial charge is 0.397 e. The third-order valence-electron chi connectivity index (χ3n) is 11.0. The summed E-state index contributed by atoms with van der Waals surface area (Å²) in [6.07, 6.45) is 8.54. The van der Waals surface area contributed by atoms with E-state index in [1.165, 1.54) is 32.1 Å². The Morgan fingerprint density at radius 3 is 1.95 bits per heavy atom. The lowest BCUT2D eigenvalue weighted by Crippen LogP contribution is -2.49. The van der Waals surface area contributed by atoms with Gasteiger partial charge in [-0.15, -0.1) is 0 Å². The van der Waals surface area contributed by atoms with Crippen molar-refractivity contribution >= 4 is 0 Å². The normalized spacial score (nSPS) is 39.1. The standard InChI is InChI=1S/C31H58O4.C2H6O/c1-8-10-24-19(3)11-14-26(28(24)17-34-9-2)22(6)30(32)31(33)23(7)27-15-12-20(4)25-16-13-21(5)35-18-29(25)27;1-2-3/h19-33H,8-18H2,1-7H3;3H,2H2,1H3/t19-,20-,21?,22?,23?,24?,25?,26+,27+,28?,29?,30?,31?;/m1./s1. The molecule has 3 N–H and O–H groups in total. The van der Waals surface area contributed by atoms with E-state index in [0.29, 0.717) is 47.5 Å². The molecule has 0 spiro atoms. The maximum Gasteiger partial charge on any atom is 0.0830 e. The first-order valence-electron chi connectivity index (χ1n) is 16.3. The highest BCUT2D eigenvalue weighted by atomic mass is 16.5. The van der Waals surface area contributed by atoms with Gasteiger partial charge in [-0.05, 0) is 106 Å². The average molecular weight is 541 g/mol. The molecule has 2 saturated carbocycles. The molecule has 1 heterocycles. The predicted octanol–water partition coefficient (Wildman–Crippen LogP) is 6.57. The zero-order valence-electron chi connectivity index (χ0n) is 26.1. The van der Waals surface area contributed by atoms with Crippen LogP contribution in [0.1, 0.15) is 107 Å². The summed E-state index contributed by atoms with van der Waals surface area (Å²) in [6, 6.07) is 0. The molecule has 13 atom stereocenters. The quantitative estimate of drug-likeness (QED) is 0.292. The molecular formula is C33H64O5. The Hall–Kier alpha value is -0.200. The SMILES string of the molecule is CCCC1C(COCC)[C@H](C(C)C(O)C(O)C(C)[C@@H]2CC[C@@H](C)C3CCC(C)OCC32)CC[C@H]1C.CCO. The molecule has 3 fully saturated rings. The van der Waals surface area contributed by atoms with Gasteiger partial charge in [-0.3, -0.25) is 0 Å². The van der Waals surface area contributed by atoms with Crippen molar-refractivity contribution in [3.05, 3.63) is 0 Å². The van der Waals surface area contributed by atoms with Crippen LogP contribution in [0.15, 0.2) is 0 Å². The third kappa shape index (κ3) is 8.65. The van der Waals surface area contributed by atoms with Crippen LogP contribution in [0.4, 0.5) is 0 Å². The van der Waals surface area contributed by atoms with E-state index in [0.717, 1.165) is 45.0 Å². The van der Waals surface area contributed by atoms with Crippen molar-refractivity contribution in [3.8, 4) is 0 Å². The summed E-state index contributed by atoms with van der Waals surface area (Å²) in [7, 11) is 0. The van der Waals surface area contributed by atoms with Gasteiger partial charge in [-0.25, -0.2) is 0 Å². The van der Waals surface area contributed by atoms with Gasteiger partial charge in [0.25, 0.3) is 0 Å². The van der Waals surface area contributed by atoms with Crippen molar-refractivity contribution in [1.82, 2.24) is 0 Å². The van der Waals surface area contributed by atoms with Gasteiger partial charge < -0.3 is 24.8 Å². The van der Waals surface area contributed by atoms with E-state index in [9.17, 15) is 10.2 Å². The lowest BCUT2D eigenvalue weighted by Gasteiger charge is -2.48. The van der Waals surface area contributed by atoms with Crippen molar-refractivity contribution in [2.24, 2.45) is 59.2 Å². The van der Waals surface area contributed by atoms with E-state index in [1.807, 2.05) is 0 Å². The van der Waals surface area contributed by atoms with Crippen molar-refractivity contribution < 1.29 is 24.8 Å². The van der Waals surface area contributed by atoms with Crippen LogP contribution in [0.25, 0.3) is 0 Å². The lowest BCUT2D eigenvalue weighted by molar-refractivity contribution is -0.108. The highest BCUT2D eigenvalue weighted by Crippen LogP contribution is 2.49. The van der Waals surface area contributed by atoms with Gasteiger partial charge in [0, 0.05) is 19.8 Å². The first-order valence-corrected chi connectivity index (χ1v) is 16.3. The minimum atomic E-state index is -0.682. The van der Waals surface area contributed by atoms with E-state index in [-0.39, 0.29) is 18.4 Å². The summed E-state index contributed by atoms with van der Waals surface area (Å²) in [6.45, 7) is 20.1. The smallest absolute Gasteiger partial charge is 0.0830 e. The van der Waals surface area contributed by atoms with E-state index in [1.54, 1.807) is 6.92 Å². The maximum absolute atomic E-state index is 11.6. The Morgan fingerprint density at radius 2 is 1.34 bits per heavy atom. The van der Waals surface area contributed by atoms with Crippen LogP contribution in [-0.4, -0.2) is 60.1 Å². The number of hydrogen-bond donors (Lipinski definition) is 3. The molecule has 2 aliphatic carbocycles. The van der Waals surface area contributed by atoms with Crippen LogP contribution >= 0.6 is 0 Å². The Balaban J connectivity index is 0.00000161. The van der Waals surface area contributed by atoms with Crippen molar-refractivity contribution in [3.63, 3.8) is 0 Å². The van der Waals surface area contributed by atoms with E-state index < -0.39 is 12.2 Å². The molecule has 3 aliphatic rings.